The predicted octanol–water partition coefficient (Wildman–Crippen LogP) is 0.644. The number of methoxy groups -OCH3 is 1. The van der Waals surface area contributed by atoms with E-state index in [1.54, 1.807) is 32.9 Å². The fraction of sp³-hybridized carbons (Fsp3) is 0.467. The smallest absolute Gasteiger partial charge is 0.512 e. The van der Waals surface area contributed by atoms with E-state index < -0.39 is 31.0 Å². The minimum atomic E-state index is -1.91. The number of amides is 1. The molecule has 1 atom stereocenters. The van der Waals surface area contributed by atoms with Crippen LogP contribution < -0.4 is 9.97 Å². The van der Waals surface area contributed by atoms with Crippen molar-refractivity contribution in [3.05, 3.63) is 29.8 Å². The van der Waals surface area contributed by atoms with Gasteiger partial charge in [0, 0.05) is 6.42 Å². The van der Waals surface area contributed by atoms with Crippen LogP contribution in [0, 0.1) is 0 Å². The van der Waals surface area contributed by atoms with Crippen LogP contribution in [-0.2, 0) is 20.7 Å². The van der Waals surface area contributed by atoms with Gasteiger partial charge in [-0.3, -0.25) is 0 Å². The van der Waals surface area contributed by atoms with Crippen molar-refractivity contribution < 1.29 is 33.8 Å². The van der Waals surface area contributed by atoms with E-state index in [2.05, 4.69) is 5.32 Å². The summed E-state index contributed by atoms with van der Waals surface area (Å²) in [6.45, 7) is 5.15. The number of esters is 1. The topological polar surface area (TPSA) is 114 Å². The van der Waals surface area contributed by atoms with Crippen LogP contribution >= 0.6 is 0 Å². The van der Waals surface area contributed by atoms with E-state index in [1.165, 1.54) is 19.2 Å². The quantitative estimate of drug-likeness (QED) is 0.515. The summed E-state index contributed by atoms with van der Waals surface area (Å²) >= 11 is 0. The third-order valence-corrected chi connectivity index (χ3v) is 2.78. The van der Waals surface area contributed by atoms with Gasteiger partial charge >= 0.3 is 19.4 Å². The normalized spacial score (nSPS) is 12.1. The fourth-order valence-corrected chi connectivity index (χ4v) is 1.85. The van der Waals surface area contributed by atoms with E-state index in [4.69, 9.17) is 24.2 Å². The summed E-state index contributed by atoms with van der Waals surface area (Å²) in [5.41, 5.74) is 0.0238. The lowest BCUT2D eigenvalue weighted by atomic mass is 10.1. The highest BCUT2D eigenvalue weighted by atomic mass is 16.6. The first kappa shape index (κ1) is 19.8. The van der Waals surface area contributed by atoms with Crippen LogP contribution in [0.4, 0.5) is 4.79 Å². The summed E-state index contributed by atoms with van der Waals surface area (Å²) < 4.78 is 14.5. The van der Waals surface area contributed by atoms with E-state index in [1.807, 2.05) is 0 Å². The molecule has 3 N–H and O–H groups in total. The Morgan fingerprint density at radius 1 is 1.21 bits per heavy atom. The molecule has 0 bridgehead atoms. The average Bonchev–Trinajstić information content (AvgIpc) is 2.45. The van der Waals surface area contributed by atoms with E-state index in [9.17, 15) is 9.59 Å². The Labute approximate surface area is 140 Å². The van der Waals surface area contributed by atoms with Crippen molar-refractivity contribution in [1.29, 1.82) is 0 Å². The Bertz CT molecular complexity index is 554. The lowest BCUT2D eigenvalue weighted by Crippen LogP contribution is -2.45. The van der Waals surface area contributed by atoms with Crippen molar-refractivity contribution in [1.82, 2.24) is 5.32 Å². The van der Waals surface area contributed by atoms with Gasteiger partial charge in [0.05, 0.1) is 7.11 Å². The molecule has 0 aliphatic carbocycles. The first-order chi connectivity index (χ1) is 11.1. The number of rotatable bonds is 6. The Balaban J connectivity index is 2.75. The molecule has 1 aromatic carbocycles. The molecule has 9 heteroatoms. The molecule has 0 spiro atoms. The number of carbonyl (C=O) groups is 2. The van der Waals surface area contributed by atoms with Gasteiger partial charge < -0.3 is 29.5 Å². The Hall–Kier alpha value is -2.26. The maximum atomic E-state index is 11.8. The van der Waals surface area contributed by atoms with Crippen molar-refractivity contribution in [2.45, 2.75) is 38.8 Å². The third kappa shape index (κ3) is 7.34. The maximum Gasteiger partial charge on any atom is 0.707 e. The van der Waals surface area contributed by atoms with Crippen molar-refractivity contribution in [2.75, 3.05) is 7.11 Å². The Kier molecular flexibility index (Phi) is 7.06. The van der Waals surface area contributed by atoms with E-state index in [0.717, 1.165) is 0 Å². The molecule has 0 unspecified atom stereocenters. The van der Waals surface area contributed by atoms with Gasteiger partial charge in [-0.05, 0) is 38.5 Å². The zero-order chi connectivity index (χ0) is 18.3. The van der Waals surface area contributed by atoms with Gasteiger partial charge in [-0.1, -0.05) is 12.1 Å². The van der Waals surface area contributed by atoms with Gasteiger partial charge in [0.1, 0.15) is 17.4 Å². The second-order valence-electron chi connectivity index (χ2n) is 6.01. The Morgan fingerprint density at radius 2 is 1.79 bits per heavy atom. The van der Waals surface area contributed by atoms with Crippen LogP contribution in [-0.4, -0.2) is 48.2 Å². The third-order valence-electron chi connectivity index (χ3n) is 2.78. The number of hydrogen-bond donors (Lipinski definition) is 3. The number of ether oxygens (including phenoxy) is 2. The summed E-state index contributed by atoms with van der Waals surface area (Å²) in [4.78, 5) is 23.7. The summed E-state index contributed by atoms with van der Waals surface area (Å²) in [6, 6.07) is 5.36. The molecule has 1 amide bonds. The molecule has 1 rings (SSSR count). The van der Waals surface area contributed by atoms with Crippen LogP contribution in [0.15, 0.2) is 24.3 Å². The van der Waals surface area contributed by atoms with E-state index in [-0.39, 0.29) is 12.2 Å². The number of alkyl carbamates (subject to hydrolysis) is 1. The van der Waals surface area contributed by atoms with Gasteiger partial charge in [0.25, 0.3) is 0 Å². The zero-order valence-corrected chi connectivity index (χ0v) is 14.1. The zero-order valence-electron chi connectivity index (χ0n) is 14.1. The average molecular weight is 339 g/mol. The van der Waals surface area contributed by atoms with Gasteiger partial charge in [-0.2, -0.15) is 0 Å². The summed E-state index contributed by atoms with van der Waals surface area (Å²) in [6.07, 6.45) is -0.547. The molecule has 0 aliphatic rings. The molecule has 0 heterocycles. The molecule has 0 radical (unpaired) electrons. The van der Waals surface area contributed by atoms with E-state index in [0.29, 0.717) is 5.56 Å². The van der Waals surface area contributed by atoms with Gasteiger partial charge in [-0.15, -0.1) is 0 Å². The highest BCUT2D eigenvalue weighted by Gasteiger charge is 2.25. The molecule has 1 aromatic rings. The number of nitrogens with one attached hydrogen (secondary N) is 1. The van der Waals surface area contributed by atoms with Gasteiger partial charge in [-0.25, -0.2) is 9.59 Å². The lowest BCUT2D eigenvalue weighted by Gasteiger charge is -2.22. The fourth-order valence-electron chi connectivity index (χ4n) is 1.85. The van der Waals surface area contributed by atoms with Crippen LogP contribution in [0.25, 0.3) is 0 Å². The maximum absolute atomic E-state index is 11.8. The molecule has 132 valence electrons. The summed E-state index contributed by atoms with van der Waals surface area (Å²) in [5, 5.41) is 19.9. The SMILES string of the molecule is COC(=O)[C@H](Cc1ccc(OB(O)O)cc1)NC(=O)OC(C)(C)C. The number of hydrogen-bond acceptors (Lipinski definition) is 7. The van der Waals surface area contributed by atoms with Crippen molar-refractivity contribution in [2.24, 2.45) is 0 Å². The molecular weight excluding hydrogens is 317 g/mol. The summed E-state index contributed by atoms with van der Waals surface area (Å²) in [5.74, 6) is -0.351. The molecule has 0 fully saturated rings. The van der Waals surface area contributed by atoms with Crippen molar-refractivity contribution in [3.8, 4) is 5.75 Å². The lowest BCUT2D eigenvalue weighted by molar-refractivity contribution is -0.143. The van der Waals surface area contributed by atoms with Crippen LogP contribution in [0.1, 0.15) is 26.3 Å². The second kappa shape index (κ2) is 8.56. The molecule has 0 aromatic heterocycles. The van der Waals surface area contributed by atoms with Gasteiger partial charge in [0.2, 0.25) is 0 Å². The standard InChI is InChI=1S/C15H22BNO7/c1-15(2,3)23-14(19)17-12(13(18)22-4)9-10-5-7-11(8-6-10)24-16(20)21/h5-8,12,20-21H,9H2,1-4H3,(H,17,19)/t12-/m0/s1. The minimum Gasteiger partial charge on any atom is -0.512 e. The highest BCUT2D eigenvalue weighted by Crippen LogP contribution is 2.14. The first-order valence-corrected chi connectivity index (χ1v) is 7.30. The minimum absolute atomic E-state index is 0.174. The first-order valence-electron chi connectivity index (χ1n) is 7.30. The molecule has 0 saturated carbocycles. The molecule has 0 aliphatic heterocycles. The van der Waals surface area contributed by atoms with Crippen LogP contribution in [0.2, 0.25) is 0 Å². The number of benzene rings is 1. The molecule has 8 nitrogen and oxygen atoms in total. The second-order valence-corrected chi connectivity index (χ2v) is 6.01. The van der Waals surface area contributed by atoms with E-state index >= 15 is 0 Å². The monoisotopic (exact) mass is 339 g/mol. The molecular formula is C15H22BNO7. The van der Waals surface area contributed by atoms with Crippen molar-refractivity contribution >= 4 is 19.4 Å². The molecule has 0 saturated heterocycles. The highest BCUT2D eigenvalue weighted by molar-refractivity contribution is 6.33. The largest absolute Gasteiger partial charge is 0.707 e. The molecule has 24 heavy (non-hydrogen) atoms. The Morgan fingerprint density at radius 3 is 2.25 bits per heavy atom. The van der Waals surface area contributed by atoms with Crippen LogP contribution in [0.3, 0.4) is 0 Å². The summed E-state index contributed by atoms with van der Waals surface area (Å²) in [7, 11) is -0.682. The number of carbonyl (C=O) groups excluding carboxylic acids is 2. The van der Waals surface area contributed by atoms with Crippen molar-refractivity contribution in [3.63, 3.8) is 0 Å². The van der Waals surface area contributed by atoms with Crippen LogP contribution in [0.5, 0.6) is 5.75 Å². The van der Waals surface area contributed by atoms with Gasteiger partial charge in [0.15, 0.2) is 0 Å². The predicted molar refractivity (Wildman–Crippen MR) is 86.1 cm³/mol.